The Labute approximate surface area is 173 Å². The van der Waals surface area contributed by atoms with Crippen LogP contribution in [-0.4, -0.2) is 19.5 Å². The maximum Gasteiger partial charge on any atom is 0.110 e. The molecule has 144 valence electrons. The van der Waals surface area contributed by atoms with Gasteiger partial charge >= 0.3 is 0 Å². The summed E-state index contributed by atoms with van der Waals surface area (Å²) in [7, 11) is 2.09. The topological polar surface area (TPSA) is 43.6 Å². The number of hydrogen-bond acceptors (Lipinski definition) is 3. The van der Waals surface area contributed by atoms with Gasteiger partial charge in [-0.15, -0.1) is 0 Å². The van der Waals surface area contributed by atoms with E-state index < -0.39 is 0 Å². The summed E-state index contributed by atoms with van der Waals surface area (Å²) >= 11 is 0. The van der Waals surface area contributed by atoms with Crippen LogP contribution in [0, 0.1) is 0 Å². The summed E-state index contributed by atoms with van der Waals surface area (Å²) in [5.41, 5.74) is 5.32. The molecule has 0 spiro atoms. The average Bonchev–Trinajstić information content (AvgIpc) is 3.13. The van der Waals surface area contributed by atoms with Crippen LogP contribution >= 0.6 is 0 Å². The van der Waals surface area contributed by atoms with E-state index in [2.05, 4.69) is 83.3 Å². The molecule has 0 unspecified atom stereocenters. The predicted molar refractivity (Wildman–Crippen MR) is 123 cm³/mol. The third-order valence-corrected chi connectivity index (χ3v) is 5.97. The number of rotatable bonds is 3. The van der Waals surface area contributed by atoms with Gasteiger partial charge < -0.3 is 4.57 Å². The smallest absolute Gasteiger partial charge is 0.110 e. The highest BCUT2D eigenvalue weighted by atomic mass is 15.1. The van der Waals surface area contributed by atoms with Crippen molar-refractivity contribution in [3.8, 4) is 0 Å². The Kier molecular flexibility index (Phi) is 3.78. The van der Waals surface area contributed by atoms with Crippen LogP contribution in [0.3, 0.4) is 0 Å². The van der Waals surface area contributed by atoms with Gasteiger partial charge in [-0.05, 0) is 42.1 Å². The van der Waals surface area contributed by atoms with Crippen LogP contribution < -0.4 is 0 Å². The number of fused-ring (bicyclic) bond motifs is 6. The zero-order valence-electron chi connectivity index (χ0n) is 16.7. The van der Waals surface area contributed by atoms with E-state index in [1.165, 1.54) is 16.2 Å². The van der Waals surface area contributed by atoms with Crippen LogP contribution in [0.25, 0.3) is 43.6 Å². The molecule has 0 bridgehead atoms. The van der Waals surface area contributed by atoms with Crippen molar-refractivity contribution < 1.29 is 0 Å². The maximum atomic E-state index is 5.00. The van der Waals surface area contributed by atoms with Crippen molar-refractivity contribution in [2.45, 2.75) is 12.8 Å². The molecule has 0 amide bonds. The fourth-order valence-electron chi connectivity index (χ4n) is 4.36. The molecule has 4 heteroatoms. The van der Waals surface area contributed by atoms with Crippen LogP contribution in [0.4, 0.5) is 0 Å². The van der Waals surface area contributed by atoms with Gasteiger partial charge in [-0.3, -0.25) is 9.97 Å². The van der Waals surface area contributed by atoms with E-state index >= 15 is 0 Å². The number of nitrogens with zero attached hydrogens (tertiary/aromatic N) is 4. The predicted octanol–water partition coefficient (Wildman–Crippen LogP) is 5.61. The van der Waals surface area contributed by atoms with Crippen LogP contribution in [0.1, 0.15) is 11.5 Å². The fraction of sp³-hybridized carbons (Fsp3) is 0.115. The minimum absolute atomic E-state index is 0.843. The molecule has 6 aromatic rings. The fourth-order valence-corrected chi connectivity index (χ4v) is 4.36. The molecule has 0 aliphatic rings. The molecule has 0 aliphatic heterocycles. The summed E-state index contributed by atoms with van der Waals surface area (Å²) < 4.78 is 2.19. The molecular weight excluding hydrogens is 368 g/mol. The maximum absolute atomic E-state index is 5.00. The minimum atomic E-state index is 0.843. The summed E-state index contributed by atoms with van der Waals surface area (Å²) in [6, 6.07) is 25.3. The average molecular weight is 388 g/mol. The Morgan fingerprint density at radius 1 is 0.700 bits per heavy atom. The van der Waals surface area contributed by atoms with Crippen LogP contribution in [0.2, 0.25) is 0 Å². The number of aryl methyl sites for hydroxylation is 3. The van der Waals surface area contributed by atoms with E-state index in [4.69, 9.17) is 9.97 Å². The monoisotopic (exact) mass is 388 g/mol. The zero-order valence-corrected chi connectivity index (χ0v) is 16.7. The van der Waals surface area contributed by atoms with E-state index in [9.17, 15) is 0 Å². The van der Waals surface area contributed by atoms with Gasteiger partial charge in [-0.1, -0.05) is 42.5 Å². The summed E-state index contributed by atoms with van der Waals surface area (Å²) in [6.07, 6.45) is 3.52. The number of pyridine rings is 2. The number of benzene rings is 3. The molecule has 4 nitrogen and oxygen atoms in total. The summed E-state index contributed by atoms with van der Waals surface area (Å²) in [4.78, 5) is 14.4. The molecule has 0 saturated carbocycles. The first-order chi connectivity index (χ1) is 14.8. The van der Waals surface area contributed by atoms with E-state index in [0.29, 0.717) is 0 Å². The Hall–Kier alpha value is -3.79. The Bertz CT molecular complexity index is 1560. The molecule has 0 radical (unpaired) electrons. The highest BCUT2D eigenvalue weighted by Crippen LogP contribution is 2.26. The van der Waals surface area contributed by atoms with Crippen LogP contribution in [0.15, 0.2) is 79.0 Å². The highest BCUT2D eigenvalue weighted by molar-refractivity contribution is 6.05. The highest BCUT2D eigenvalue weighted by Gasteiger charge is 2.12. The summed E-state index contributed by atoms with van der Waals surface area (Å²) in [6.45, 7) is 0. The second-order valence-corrected chi connectivity index (χ2v) is 7.75. The number of hydrogen-bond donors (Lipinski definition) is 0. The van der Waals surface area contributed by atoms with Gasteiger partial charge in [0.05, 0.1) is 22.1 Å². The Morgan fingerprint density at radius 2 is 1.53 bits per heavy atom. The first-order valence-electron chi connectivity index (χ1n) is 10.2. The van der Waals surface area contributed by atoms with E-state index in [1.54, 1.807) is 0 Å². The molecule has 3 heterocycles. The molecule has 30 heavy (non-hydrogen) atoms. The lowest BCUT2D eigenvalue weighted by Crippen LogP contribution is -2.01. The van der Waals surface area contributed by atoms with Crippen molar-refractivity contribution in [3.05, 3.63) is 90.5 Å². The molecule has 3 aromatic heterocycles. The minimum Gasteiger partial charge on any atom is -0.331 e. The normalized spacial score (nSPS) is 11.8. The zero-order chi connectivity index (χ0) is 20.1. The molecular formula is C26H20N4. The largest absolute Gasteiger partial charge is 0.331 e. The second-order valence-electron chi connectivity index (χ2n) is 7.75. The molecule has 3 aromatic carbocycles. The third-order valence-electron chi connectivity index (χ3n) is 5.97. The SMILES string of the molecule is Cn1c(CCc2ccc3ccc4ccccc4c3n2)nc2c3cccnc3ccc21. The van der Waals surface area contributed by atoms with Crippen molar-refractivity contribution in [2.75, 3.05) is 0 Å². The van der Waals surface area contributed by atoms with Crippen molar-refractivity contribution in [2.24, 2.45) is 7.05 Å². The first kappa shape index (κ1) is 17.1. The lowest BCUT2D eigenvalue weighted by molar-refractivity contribution is 0.778. The van der Waals surface area contributed by atoms with Crippen LogP contribution in [0.5, 0.6) is 0 Å². The van der Waals surface area contributed by atoms with Crippen molar-refractivity contribution >= 4 is 43.6 Å². The molecule has 0 fully saturated rings. The molecule has 0 saturated heterocycles. The summed E-state index contributed by atoms with van der Waals surface area (Å²) in [5.74, 6) is 1.07. The van der Waals surface area contributed by atoms with Gasteiger partial charge in [0, 0.05) is 41.5 Å². The van der Waals surface area contributed by atoms with E-state index in [0.717, 1.165) is 51.8 Å². The lowest BCUT2D eigenvalue weighted by Gasteiger charge is -2.07. The van der Waals surface area contributed by atoms with Gasteiger partial charge in [0.1, 0.15) is 5.82 Å². The van der Waals surface area contributed by atoms with E-state index in [-0.39, 0.29) is 0 Å². The quantitative estimate of drug-likeness (QED) is 0.370. The number of imidazole rings is 1. The van der Waals surface area contributed by atoms with Gasteiger partial charge in [0.2, 0.25) is 0 Å². The van der Waals surface area contributed by atoms with Gasteiger partial charge in [0.25, 0.3) is 0 Å². The van der Waals surface area contributed by atoms with Crippen molar-refractivity contribution in [1.29, 1.82) is 0 Å². The van der Waals surface area contributed by atoms with Crippen LogP contribution in [-0.2, 0) is 19.9 Å². The Morgan fingerprint density at radius 3 is 2.50 bits per heavy atom. The third kappa shape index (κ3) is 2.65. The number of aromatic nitrogens is 4. The van der Waals surface area contributed by atoms with Gasteiger partial charge in [-0.2, -0.15) is 0 Å². The lowest BCUT2D eigenvalue weighted by atomic mass is 10.1. The van der Waals surface area contributed by atoms with Gasteiger partial charge in [0.15, 0.2) is 0 Å². The van der Waals surface area contributed by atoms with Crippen molar-refractivity contribution in [1.82, 2.24) is 19.5 Å². The molecule has 6 rings (SSSR count). The Balaban J connectivity index is 1.38. The standard InChI is InChI=1S/C26H20N4/c1-30-23-14-13-22-21(7-4-16-27-22)26(23)29-24(30)15-12-19-11-10-18-9-8-17-5-2-3-6-20(17)25(18)28-19/h2-11,13-14,16H,12,15H2,1H3. The molecule has 0 aliphatic carbocycles. The van der Waals surface area contributed by atoms with Gasteiger partial charge in [-0.25, -0.2) is 4.98 Å². The molecule has 0 N–H and O–H groups in total. The first-order valence-corrected chi connectivity index (χ1v) is 10.2. The van der Waals surface area contributed by atoms with E-state index in [1.807, 2.05) is 12.3 Å². The molecule has 0 atom stereocenters. The second kappa shape index (κ2) is 6.63. The van der Waals surface area contributed by atoms with Crippen molar-refractivity contribution in [3.63, 3.8) is 0 Å². The summed E-state index contributed by atoms with van der Waals surface area (Å²) in [5, 5.41) is 4.72.